The number of para-hydroxylation sites is 1. The molecule has 9 nitrogen and oxygen atoms in total. The standard InChI is InChI=1S/C20H20N4O5/c1-12(25)29-15-10-6-7-13(11-15)18(26)22-16-17(21)24(14-8-4-3-5-9-14)20(28)23(2)19(16)27/h3-11,16-17H,21H2,1-2H3,(H,22,26). The topological polar surface area (TPSA) is 122 Å². The zero-order valence-corrected chi connectivity index (χ0v) is 15.9. The highest BCUT2D eigenvalue weighted by Crippen LogP contribution is 2.23. The summed E-state index contributed by atoms with van der Waals surface area (Å²) in [5, 5.41) is 2.58. The molecule has 9 heteroatoms. The van der Waals surface area contributed by atoms with Gasteiger partial charge >= 0.3 is 12.0 Å². The van der Waals surface area contributed by atoms with Crippen molar-refractivity contribution in [3.05, 3.63) is 60.2 Å². The minimum Gasteiger partial charge on any atom is -0.427 e. The van der Waals surface area contributed by atoms with Crippen molar-refractivity contribution in [3.8, 4) is 5.75 Å². The molecule has 2 unspecified atom stereocenters. The van der Waals surface area contributed by atoms with Gasteiger partial charge in [-0.15, -0.1) is 0 Å². The zero-order valence-electron chi connectivity index (χ0n) is 15.9. The van der Waals surface area contributed by atoms with E-state index in [1.807, 2.05) is 0 Å². The van der Waals surface area contributed by atoms with Gasteiger partial charge in [-0.25, -0.2) is 4.79 Å². The lowest BCUT2D eigenvalue weighted by molar-refractivity contribution is -0.132. The van der Waals surface area contributed by atoms with E-state index in [1.165, 1.54) is 37.1 Å². The molecule has 1 fully saturated rings. The van der Waals surface area contributed by atoms with E-state index in [0.717, 1.165) is 4.90 Å². The first-order chi connectivity index (χ1) is 13.8. The number of urea groups is 1. The van der Waals surface area contributed by atoms with Crippen molar-refractivity contribution in [1.29, 1.82) is 0 Å². The molecule has 0 aliphatic carbocycles. The molecule has 1 saturated heterocycles. The Kier molecular flexibility index (Phi) is 5.60. The Labute approximate surface area is 167 Å². The van der Waals surface area contributed by atoms with Crippen LogP contribution in [-0.4, -0.2) is 48.0 Å². The summed E-state index contributed by atoms with van der Waals surface area (Å²) in [6.45, 7) is 1.25. The Bertz CT molecular complexity index is 962. The Morgan fingerprint density at radius 2 is 1.76 bits per heavy atom. The number of benzene rings is 2. The third-order valence-electron chi connectivity index (χ3n) is 4.41. The highest BCUT2D eigenvalue weighted by molar-refractivity contribution is 6.09. The molecule has 0 saturated carbocycles. The van der Waals surface area contributed by atoms with E-state index >= 15 is 0 Å². The van der Waals surface area contributed by atoms with Crippen LogP contribution >= 0.6 is 0 Å². The van der Waals surface area contributed by atoms with E-state index in [0.29, 0.717) is 5.69 Å². The molecule has 4 amide bonds. The van der Waals surface area contributed by atoms with Gasteiger partial charge in [0.1, 0.15) is 18.0 Å². The maximum absolute atomic E-state index is 12.7. The molecule has 3 N–H and O–H groups in total. The first kappa shape index (κ1) is 20.0. The van der Waals surface area contributed by atoms with Crippen molar-refractivity contribution in [1.82, 2.24) is 10.2 Å². The number of nitrogens with zero attached hydrogens (tertiary/aromatic N) is 2. The monoisotopic (exact) mass is 396 g/mol. The molecule has 3 rings (SSSR count). The molecule has 0 spiro atoms. The highest BCUT2D eigenvalue weighted by atomic mass is 16.5. The van der Waals surface area contributed by atoms with Crippen molar-refractivity contribution >= 4 is 29.5 Å². The molecule has 29 heavy (non-hydrogen) atoms. The van der Waals surface area contributed by atoms with Crippen LogP contribution in [-0.2, 0) is 9.59 Å². The fourth-order valence-corrected chi connectivity index (χ4v) is 3.00. The molecule has 2 aromatic rings. The summed E-state index contributed by atoms with van der Waals surface area (Å²) in [5.74, 6) is -1.55. The van der Waals surface area contributed by atoms with E-state index in [2.05, 4.69) is 5.32 Å². The molecule has 150 valence electrons. The van der Waals surface area contributed by atoms with Gasteiger partial charge in [0.05, 0.1) is 0 Å². The van der Waals surface area contributed by atoms with Crippen LogP contribution in [0.15, 0.2) is 54.6 Å². The smallest absolute Gasteiger partial charge is 0.332 e. The number of ether oxygens (including phenoxy) is 1. The van der Waals surface area contributed by atoms with Gasteiger partial charge < -0.3 is 15.8 Å². The van der Waals surface area contributed by atoms with Crippen LogP contribution in [0.25, 0.3) is 0 Å². The highest BCUT2D eigenvalue weighted by Gasteiger charge is 2.44. The number of anilines is 1. The number of hydrogen-bond acceptors (Lipinski definition) is 6. The maximum atomic E-state index is 12.7. The van der Waals surface area contributed by atoms with E-state index in [1.54, 1.807) is 36.4 Å². The average Bonchev–Trinajstić information content (AvgIpc) is 2.70. The van der Waals surface area contributed by atoms with Crippen LogP contribution in [0.5, 0.6) is 5.75 Å². The molecule has 1 aliphatic rings. The largest absolute Gasteiger partial charge is 0.427 e. The number of amides is 4. The second-order valence-electron chi connectivity index (χ2n) is 6.45. The molecular weight excluding hydrogens is 376 g/mol. The van der Waals surface area contributed by atoms with E-state index in [-0.39, 0.29) is 11.3 Å². The van der Waals surface area contributed by atoms with Gasteiger partial charge in [-0.2, -0.15) is 0 Å². The molecule has 2 atom stereocenters. The first-order valence-corrected chi connectivity index (χ1v) is 8.80. The van der Waals surface area contributed by atoms with Gasteiger partial charge in [-0.3, -0.25) is 24.2 Å². The molecule has 1 heterocycles. The predicted molar refractivity (Wildman–Crippen MR) is 104 cm³/mol. The second kappa shape index (κ2) is 8.11. The van der Waals surface area contributed by atoms with Crippen molar-refractivity contribution in [2.45, 2.75) is 19.1 Å². The van der Waals surface area contributed by atoms with Crippen LogP contribution in [0.1, 0.15) is 17.3 Å². The maximum Gasteiger partial charge on any atom is 0.332 e. The normalized spacial score (nSPS) is 19.1. The molecule has 0 bridgehead atoms. The number of carbonyl (C=O) groups excluding carboxylic acids is 4. The number of esters is 1. The predicted octanol–water partition coefficient (Wildman–Crippen LogP) is 1.09. The molecular formula is C20H20N4O5. The molecule has 2 aromatic carbocycles. The SMILES string of the molecule is CC(=O)Oc1cccc(C(=O)NC2C(=O)N(C)C(=O)N(c3ccccc3)C2N)c1. The summed E-state index contributed by atoms with van der Waals surface area (Å²) in [7, 11) is 1.33. The van der Waals surface area contributed by atoms with Crippen LogP contribution in [0.2, 0.25) is 0 Å². The minimum absolute atomic E-state index is 0.176. The Morgan fingerprint density at radius 1 is 1.07 bits per heavy atom. The van der Waals surface area contributed by atoms with Crippen LogP contribution in [0.3, 0.4) is 0 Å². The van der Waals surface area contributed by atoms with Crippen molar-refractivity contribution in [2.24, 2.45) is 5.73 Å². The third-order valence-corrected chi connectivity index (χ3v) is 4.41. The fraction of sp³-hybridized carbons (Fsp3) is 0.200. The average molecular weight is 396 g/mol. The quantitative estimate of drug-likeness (QED) is 0.589. The van der Waals surface area contributed by atoms with E-state index < -0.39 is 36.0 Å². The lowest BCUT2D eigenvalue weighted by atomic mass is 10.1. The van der Waals surface area contributed by atoms with Gasteiger partial charge in [-0.1, -0.05) is 24.3 Å². The summed E-state index contributed by atoms with van der Waals surface area (Å²) in [5.41, 5.74) is 6.87. The number of nitrogens with two attached hydrogens (primary N) is 1. The van der Waals surface area contributed by atoms with Crippen molar-refractivity contribution < 1.29 is 23.9 Å². The van der Waals surface area contributed by atoms with Gasteiger partial charge in [-0.05, 0) is 30.3 Å². The van der Waals surface area contributed by atoms with Crippen LogP contribution in [0, 0.1) is 0 Å². The summed E-state index contributed by atoms with van der Waals surface area (Å²) in [6.07, 6.45) is -1.10. The van der Waals surface area contributed by atoms with Gasteiger partial charge in [0.2, 0.25) is 0 Å². The second-order valence-corrected chi connectivity index (χ2v) is 6.45. The Balaban J connectivity index is 1.85. The lowest BCUT2D eigenvalue weighted by Crippen LogP contribution is -2.71. The number of nitrogens with one attached hydrogen (secondary N) is 1. The summed E-state index contributed by atoms with van der Waals surface area (Å²) in [6, 6.07) is 12.8. The number of hydrogen-bond donors (Lipinski definition) is 2. The Hall–Kier alpha value is -3.72. The van der Waals surface area contributed by atoms with Gasteiger partial charge in [0.25, 0.3) is 11.8 Å². The molecule has 0 radical (unpaired) electrons. The first-order valence-electron chi connectivity index (χ1n) is 8.80. The zero-order chi connectivity index (χ0) is 21.1. The number of imide groups is 1. The lowest BCUT2D eigenvalue weighted by Gasteiger charge is -2.41. The van der Waals surface area contributed by atoms with Crippen molar-refractivity contribution in [2.75, 3.05) is 11.9 Å². The fourth-order valence-electron chi connectivity index (χ4n) is 3.00. The molecule has 0 aromatic heterocycles. The number of carbonyl (C=O) groups is 4. The third kappa shape index (κ3) is 4.09. The van der Waals surface area contributed by atoms with Crippen LogP contribution in [0.4, 0.5) is 10.5 Å². The summed E-state index contributed by atoms with van der Waals surface area (Å²) in [4.78, 5) is 51.2. The Morgan fingerprint density at radius 3 is 2.41 bits per heavy atom. The van der Waals surface area contributed by atoms with E-state index in [4.69, 9.17) is 10.5 Å². The van der Waals surface area contributed by atoms with Crippen molar-refractivity contribution in [3.63, 3.8) is 0 Å². The number of likely N-dealkylation sites (N-methyl/N-ethyl adjacent to an activating group) is 1. The minimum atomic E-state index is -1.16. The number of rotatable bonds is 4. The van der Waals surface area contributed by atoms with Gasteiger partial charge in [0, 0.05) is 25.2 Å². The van der Waals surface area contributed by atoms with Crippen LogP contribution < -0.4 is 20.7 Å². The molecule has 1 aliphatic heterocycles. The summed E-state index contributed by atoms with van der Waals surface area (Å²) >= 11 is 0. The summed E-state index contributed by atoms with van der Waals surface area (Å²) < 4.78 is 4.97. The van der Waals surface area contributed by atoms with E-state index in [9.17, 15) is 19.2 Å². The van der Waals surface area contributed by atoms with Gasteiger partial charge in [0.15, 0.2) is 0 Å².